The van der Waals surface area contributed by atoms with E-state index >= 15 is 0 Å². The highest BCUT2D eigenvalue weighted by Crippen LogP contribution is 2.16. The van der Waals surface area contributed by atoms with E-state index in [-0.39, 0.29) is 17.6 Å². The number of hydrogen-bond acceptors (Lipinski definition) is 5. The van der Waals surface area contributed by atoms with Crippen LogP contribution < -0.4 is 16.1 Å². The Kier molecular flexibility index (Phi) is 4.07. The molecule has 88 valence electrons. The second-order valence-corrected chi connectivity index (χ2v) is 3.20. The standard InChI is InChI=1S/C10H13NO5/c1-6(5-14-2)15-7-3-4-8(12)16-9(7)10(11)13/h3-4,6H,5H2,1-2H3,(H2,11,13)/t6-/m0/s1. The summed E-state index contributed by atoms with van der Waals surface area (Å²) in [6, 6.07) is 2.50. The highest BCUT2D eigenvalue weighted by atomic mass is 16.5. The zero-order valence-electron chi connectivity index (χ0n) is 9.06. The van der Waals surface area contributed by atoms with E-state index in [0.717, 1.165) is 6.07 Å². The van der Waals surface area contributed by atoms with Crippen LogP contribution in [0, 0.1) is 0 Å². The Morgan fingerprint density at radius 1 is 1.56 bits per heavy atom. The van der Waals surface area contributed by atoms with Crippen molar-refractivity contribution in [2.75, 3.05) is 13.7 Å². The molecule has 1 rings (SSSR count). The van der Waals surface area contributed by atoms with Crippen LogP contribution in [0.2, 0.25) is 0 Å². The van der Waals surface area contributed by atoms with Crippen LogP contribution in [0.1, 0.15) is 17.5 Å². The number of ether oxygens (including phenoxy) is 2. The molecule has 6 heteroatoms. The minimum Gasteiger partial charge on any atom is -0.484 e. The van der Waals surface area contributed by atoms with E-state index in [1.54, 1.807) is 6.92 Å². The molecule has 0 aliphatic heterocycles. The van der Waals surface area contributed by atoms with Crippen molar-refractivity contribution in [3.8, 4) is 5.75 Å². The summed E-state index contributed by atoms with van der Waals surface area (Å²) in [6.07, 6.45) is -0.282. The van der Waals surface area contributed by atoms with Gasteiger partial charge in [0.2, 0.25) is 5.76 Å². The maximum absolute atomic E-state index is 11.0. The molecule has 6 nitrogen and oxygen atoms in total. The molecule has 1 aromatic rings. The lowest BCUT2D eigenvalue weighted by Gasteiger charge is -2.14. The third kappa shape index (κ3) is 3.09. The van der Waals surface area contributed by atoms with Gasteiger partial charge >= 0.3 is 5.63 Å². The largest absolute Gasteiger partial charge is 0.484 e. The van der Waals surface area contributed by atoms with E-state index in [1.165, 1.54) is 13.2 Å². The molecule has 0 radical (unpaired) electrons. The first kappa shape index (κ1) is 12.3. The van der Waals surface area contributed by atoms with Gasteiger partial charge in [-0.05, 0) is 13.0 Å². The number of carbonyl (C=O) groups excluding carboxylic acids is 1. The van der Waals surface area contributed by atoms with Crippen LogP contribution in [-0.2, 0) is 4.74 Å². The van der Waals surface area contributed by atoms with Gasteiger partial charge in [-0.3, -0.25) is 4.79 Å². The molecule has 0 aliphatic carbocycles. The first-order chi connectivity index (χ1) is 7.54. The van der Waals surface area contributed by atoms with Crippen LogP contribution >= 0.6 is 0 Å². The van der Waals surface area contributed by atoms with Crippen molar-refractivity contribution < 1.29 is 18.7 Å². The summed E-state index contributed by atoms with van der Waals surface area (Å²) in [6.45, 7) is 2.09. The van der Waals surface area contributed by atoms with Gasteiger partial charge in [0, 0.05) is 13.2 Å². The van der Waals surface area contributed by atoms with Gasteiger partial charge in [0.05, 0.1) is 6.61 Å². The van der Waals surface area contributed by atoms with Crippen molar-refractivity contribution in [2.24, 2.45) is 5.73 Å². The SMILES string of the molecule is COC[C@H](C)Oc1ccc(=O)oc1C(N)=O. The van der Waals surface area contributed by atoms with Crippen LogP contribution in [0.25, 0.3) is 0 Å². The molecular weight excluding hydrogens is 214 g/mol. The van der Waals surface area contributed by atoms with E-state index in [9.17, 15) is 9.59 Å². The molecule has 1 aromatic heterocycles. The number of primary amides is 1. The van der Waals surface area contributed by atoms with Gasteiger partial charge in [-0.15, -0.1) is 0 Å². The van der Waals surface area contributed by atoms with Crippen LogP contribution in [0.3, 0.4) is 0 Å². The normalized spacial score (nSPS) is 12.1. The van der Waals surface area contributed by atoms with Crippen LogP contribution in [0.4, 0.5) is 0 Å². The van der Waals surface area contributed by atoms with Crippen molar-refractivity contribution in [1.82, 2.24) is 0 Å². The molecule has 0 fully saturated rings. The minimum absolute atomic E-state index is 0.136. The van der Waals surface area contributed by atoms with E-state index < -0.39 is 11.5 Å². The number of carbonyl (C=O) groups is 1. The van der Waals surface area contributed by atoms with Crippen molar-refractivity contribution in [3.05, 3.63) is 28.3 Å². The fourth-order valence-electron chi connectivity index (χ4n) is 1.15. The molecule has 0 aliphatic rings. The Hall–Kier alpha value is -1.82. The lowest BCUT2D eigenvalue weighted by molar-refractivity contribution is 0.0845. The van der Waals surface area contributed by atoms with Crippen LogP contribution in [0.15, 0.2) is 21.3 Å². The highest BCUT2D eigenvalue weighted by molar-refractivity contribution is 5.92. The van der Waals surface area contributed by atoms with Gasteiger partial charge in [0.25, 0.3) is 5.91 Å². The molecule has 2 N–H and O–H groups in total. The Morgan fingerprint density at radius 3 is 2.81 bits per heavy atom. The number of methoxy groups -OCH3 is 1. The Balaban J connectivity index is 2.95. The van der Waals surface area contributed by atoms with E-state index in [0.29, 0.717) is 6.61 Å². The van der Waals surface area contributed by atoms with Gasteiger partial charge in [-0.1, -0.05) is 0 Å². The summed E-state index contributed by atoms with van der Waals surface area (Å²) < 4.78 is 14.9. The lowest BCUT2D eigenvalue weighted by atomic mass is 10.3. The van der Waals surface area contributed by atoms with Gasteiger partial charge in [0.1, 0.15) is 6.10 Å². The molecule has 0 unspecified atom stereocenters. The van der Waals surface area contributed by atoms with Gasteiger partial charge in [0.15, 0.2) is 5.75 Å². The molecule has 1 amide bonds. The molecular formula is C10H13NO5. The number of amides is 1. The van der Waals surface area contributed by atoms with E-state index in [2.05, 4.69) is 4.42 Å². The van der Waals surface area contributed by atoms with E-state index in [1.807, 2.05) is 0 Å². The van der Waals surface area contributed by atoms with Crippen LogP contribution in [0.5, 0.6) is 5.75 Å². The Morgan fingerprint density at radius 2 is 2.25 bits per heavy atom. The summed E-state index contributed by atoms with van der Waals surface area (Å²) in [5.41, 5.74) is 4.40. The monoisotopic (exact) mass is 227 g/mol. The Bertz CT molecular complexity index is 425. The topological polar surface area (TPSA) is 91.8 Å². The maximum Gasteiger partial charge on any atom is 0.336 e. The van der Waals surface area contributed by atoms with Crippen molar-refractivity contribution in [1.29, 1.82) is 0 Å². The van der Waals surface area contributed by atoms with Gasteiger partial charge in [-0.25, -0.2) is 4.79 Å². The van der Waals surface area contributed by atoms with Gasteiger partial charge < -0.3 is 19.6 Å². The Labute approximate surface area is 92.0 Å². The number of rotatable bonds is 5. The predicted molar refractivity (Wildman–Crippen MR) is 55.5 cm³/mol. The molecule has 1 atom stereocenters. The first-order valence-corrected chi connectivity index (χ1v) is 4.64. The molecule has 0 bridgehead atoms. The highest BCUT2D eigenvalue weighted by Gasteiger charge is 2.15. The molecule has 0 aromatic carbocycles. The smallest absolute Gasteiger partial charge is 0.336 e. The zero-order valence-corrected chi connectivity index (χ0v) is 9.06. The number of nitrogens with two attached hydrogens (primary N) is 1. The van der Waals surface area contributed by atoms with Crippen molar-refractivity contribution in [3.63, 3.8) is 0 Å². The fourth-order valence-corrected chi connectivity index (χ4v) is 1.15. The second kappa shape index (κ2) is 5.32. The summed E-state index contributed by atoms with van der Waals surface area (Å²) in [5, 5.41) is 0. The average molecular weight is 227 g/mol. The van der Waals surface area contributed by atoms with E-state index in [4.69, 9.17) is 15.2 Å². The molecule has 1 heterocycles. The summed E-state index contributed by atoms with van der Waals surface area (Å²) >= 11 is 0. The fraction of sp³-hybridized carbons (Fsp3) is 0.400. The molecule has 16 heavy (non-hydrogen) atoms. The summed E-state index contributed by atoms with van der Waals surface area (Å²) in [5.74, 6) is -0.996. The lowest BCUT2D eigenvalue weighted by Crippen LogP contribution is -2.22. The van der Waals surface area contributed by atoms with Crippen LogP contribution in [-0.4, -0.2) is 25.7 Å². The quantitative estimate of drug-likeness (QED) is 0.773. The summed E-state index contributed by atoms with van der Waals surface area (Å²) in [4.78, 5) is 21.9. The maximum atomic E-state index is 11.0. The number of hydrogen-bond donors (Lipinski definition) is 1. The minimum atomic E-state index is -0.850. The second-order valence-electron chi connectivity index (χ2n) is 3.20. The van der Waals surface area contributed by atoms with Crippen molar-refractivity contribution in [2.45, 2.75) is 13.0 Å². The first-order valence-electron chi connectivity index (χ1n) is 4.64. The third-order valence-corrected chi connectivity index (χ3v) is 1.75. The van der Waals surface area contributed by atoms with Crippen molar-refractivity contribution >= 4 is 5.91 Å². The van der Waals surface area contributed by atoms with Gasteiger partial charge in [-0.2, -0.15) is 0 Å². The average Bonchev–Trinajstić information content (AvgIpc) is 2.20. The predicted octanol–water partition coefficient (Wildman–Crippen LogP) is 0.152. The third-order valence-electron chi connectivity index (χ3n) is 1.75. The molecule has 0 saturated heterocycles. The summed E-state index contributed by atoms with van der Waals surface area (Å²) in [7, 11) is 1.53. The molecule has 0 spiro atoms. The molecule has 0 saturated carbocycles. The zero-order chi connectivity index (χ0) is 12.1.